The van der Waals surface area contributed by atoms with Gasteiger partial charge in [0.2, 0.25) is 0 Å². The Balaban J connectivity index is 2.45. The van der Waals surface area contributed by atoms with Gasteiger partial charge in [-0.25, -0.2) is 0 Å². The normalized spacial score (nSPS) is 10.0. The van der Waals surface area contributed by atoms with Gasteiger partial charge in [0.25, 0.3) is 0 Å². The zero-order valence-electron chi connectivity index (χ0n) is 8.02. The van der Waals surface area contributed by atoms with Crippen LogP contribution in [0.2, 0.25) is 0 Å². The second-order valence-electron chi connectivity index (χ2n) is 3.30. The molecule has 1 heteroatoms. The van der Waals surface area contributed by atoms with E-state index >= 15 is 0 Å². The lowest BCUT2D eigenvalue weighted by molar-refractivity contribution is 0.831. The van der Waals surface area contributed by atoms with Crippen LogP contribution in [0.25, 0.3) is 0 Å². The smallest absolute Gasteiger partial charge is 0.0109 e. The van der Waals surface area contributed by atoms with Gasteiger partial charge in [0.05, 0.1) is 0 Å². The summed E-state index contributed by atoms with van der Waals surface area (Å²) < 4.78 is 0. The van der Waals surface area contributed by atoms with Gasteiger partial charge >= 0.3 is 0 Å². The minimum Gasteiger partial charge on any atom is -0.0898 e. The molecular formula is C12H15Cl. The molecule has 0 atom stereocenters. The summed E-state index contributed by atoms with van der Waals surface area (Å²) in [5.74, 6) is 0. The maximum absolute atomic E-state index is 5.69. The summed E-state index contributed by atoms with van der Waals surface area (Å²) in [5.41, 5.74) is 2.78. The number of benzene rings is 1. The minimum atomic E-state index is 0.758. The predicted molar refractivity (Wildman–Crippen MR) is 59.1 cm³/mol. The molecule has 0 amide bonds. The van der Waals surface area contributed by atoms with E-state index in [0.29, 0.717) is 0 Å². The summed E-state index contributed by atoms with van der Waals surface area (Å²) in [6.45, 7) is 5.82. The van der Waals surface area contributed by atoms with Crippen molar-refractivity contribution in [2.45, 2.75) is 26.2 Å². The lowest BCUT2D eigenvalue weighted by Gasteiger charge is -2.04. The molecule has 1 aromatic rings. The fourth-order valence-corrected chi connectivity index (χ4v) is 1.49. The lowest BCUT2D eigenvalue weighted by atomic mass is 10.0. The molecule has 0 heterocycles. The second kappa shape index (κ2) is 5.08. The van der Waals surface area contributed by atoms with E-state index in [1.165, 1.54) is 11.1 Å². The van der Waals surface area contributed by atoms with Crippen LogP contribution in [0.4, 0.5) is 0 Å². The van der Waals surface area contributed by atoms with Crippen molar-refractivity contribution in [3.8, 4) is 0 Å². The lowest BCUT2D eigenvalue weighted by Crippen LogP contribution is -1.88. The molecule has 0 radical (unpaired) electrons. The van der Waals surface area contributed by atoms with Gasteiger partial charge in [-0.2, -0.15) is 0 Å². The summed E-state index contributed by atoms with van der Waals surface area (Å²) in [7, 11) is 0. The zero-order valence-corrected chi connectivity index (χ0v) is 8.77. The molecule has 0 aromatic heterocycles. The van der Waals surface area contributed by atoms with Crippen LogP contribution in [0, 0.1) is 6.92 Å². The summed E-state index contributed by atoms with van der Waals surface area (Å²) in [5, 5.41) is 0.758. The molecule has 0 unspecified atom stereocenters. The Morgan fingerprint density at radius 1 is 1.38 bits per heavy atom. The first kappa shape index (κ1) is 10.3. The van der Waals surface area contributed by atoms with Gasteiger partial charge in [-0.3, -0.25) is 0 Å². The SMILES string of the molecule is C=C(Cl)CCCc1ccccc1C. The van der Waals surface area contributed by atoms with Crippen LogP contribution < -0.4 is 0 Å². The topological polar surface area (TPSA) is 0 Å². The first-order valence-electron chi connectivity index (χ1n) is 4.58. The third kappa shape index (κ3) is 3.65. The van der Waals surface area contributed by atoms with E-state index < -0.39 is 0 Å². The molecule has 0 bridgehead atoms. The van der Waals surface area contributed by atoms with Crippen LogP contribution in [-0.4, -0.2) is 0 Å². The summed E-state index contributed by atoms with van der Waals surface area (Å²) in [6.07, 6.45) is 3.10. The van der Waals surface area contributed by atoms with Gasteiger partial charge < -0.3 is 0 Å². The highest BCUT2D eigenvalue weighted by Crippen LogP contribution is 2.13. The van der Waals surface area contributed by atoms with Crippen LogP contribution in [0.1, 0.15) is 24.0 Å². The van der Waals surface area contributed by atoms with Gasteiger partial charge in [-0.1, -0.05) is 42.4 Å². The molecule has 0 fully saturated rings. The molecule has 0 spiro atoms. The minimum absolute atomic E-state index is 0.758. The molecule has 0 N–H and O–H groups in total. The third-order valence-electron chi connectivity index (χ3n) is 2.16. The van der Waals surface area contributed by atoms with Gasteiger partial charge in [-0.15, -0.1) is 0 Å². The van der Waals surface area contributed by atoms with E-state index in [1.807, 2.05) is 0 Å². The number of allylic oxidation sites excluding steroid dienone is 1. The maximum atomic E-state index is 5.69. The second-order valence-corrected chi connectivity index (χ2v) is 3.83. The molecule has 0 aliphatic rings. The summed E-state index contributed by atoms with van der Waals surface area (Å²) in [4.78, 5) is 0. The molecule has 0 saturated carbocycles. The Morgan fingerprint density at radius 2 is 2.08 bits per heavy atom. The quantitative estimate of drug-likeness (QED) is 0.678. The third-order valence-corrected chi connectivity index (χ3v) is 2.34. The van der Waals surface area contributed by atoms with Crippen molar-refractivity contribution >= 4 is 11.6 Å². The van der Waals surface area contributed by atoms with Crippen molar-refractivity contribution in [2.75, 3.05) is 0 Å². The molecule has 0 nitrogen and oxygen atoms in total. The van der Waals surface area contributed by atoms with Crippen LogP contribution in [-0.2, 0) is 6.42 Å². The van der Waals surface area contributed by atoms with Crippen LogP contribution >= 0.6 is 11.6 Å². The predicted octanol–water partition coefficient (Wildman–Crippen LogP) is 4.07. The van der Waals surface area contributed by atoms with Crippen LogP contribution in [0.3, 0.4) is 0 Å². The highest BCUT2D eigenvalue weighted by Gasteiger charge is 1.96. The number of aryl methyl sites for hydroxylation is 2. The Labute approximate surface area is 85.2 Å². The van der Waals surface area contributed by atoms with Crippen LogP contribution in [0.5, 0.6) is 0 Å². The Hall–Kier alpha value is -0.750. The maximum Gasteiger partial charge on any atom is 0.0109 e. The van der Waals surface area contributed by atoms with Gasteiger partial charge in [0.1, 0.15) is 0 Å². The molecule has 0 aliphatic carbocycles. The highest BCUT2D eigenvalue weighted by atomic mass is 35.5. The number of hydrogen-bond acceptors (Lipinski definition) is 0. The fourth-order valence-electron chi connectivity index (χ4n) is 1.36. The molecule has 1 aromatic carbocycles. The van der Waals surface area contributed by atoms with E-state index in [1.54, 1.807) is 0 Å². The first-order valence-corrected chi connectivity index (χ1v) is 4.95. The van der Waals surface area contributed by atoms with Crippen molar-refractivity contribution in [1.82, 2.24) is 0 Å². The van der Waals surface area contributed by atoms with E-state index in [9.17, 15) is 0 Å². The van der Waals surface area contributed by atoms with Gasteiger partial charge in [-0.05, 0) is 37.3 Å². The average molecular weight is 195 g/mol. The van der Waals surface area contributed by atoms with E-state index in [4.69, 9.17) is 11.6 Å². The molecule has 0 aliphatic heterocycles. The summed E-state index contributed by atoms with van der Waals surface area (Å²) >= 11 is 5.69. The van der Waals surface area contributed by atoms with Crippen molar-refractivity contribution in [3.05, 3.63) is 47.0 Å². The zero-order chi connectivity index (χ0) is 9.68. The number of halogens is 1. The Morgan fingerprint density at radius 3 is 2.69 bits per heavy atom. The number of hydrogen-bond donors (Lipinski definition) is 0. The van der Waals surface area contributed by atoms with Gasteiger partial charge in [0, 0.05) is 5.03 Å². The number of rotatable bonds is 4. The van der Waals surface area contributed by atoms with Crippen molar-refractivity contribution in [3.63, 3.8) is 0 Å². The summed E-state index contributed by atoms with van der Waals surface area (Å²) in [6, 6.07) is 8.47. The fraction of sp³-hybridized carbons (Fsp3) is 0.333. The molecule has 0 saturated heterocycles. The van der Waals surface area contributed by atoms with Crippen molar-refractivity contribution < 1.29 is 0 Å². The standard InChI is InChI=1S/C12H15Cl/c1-10-6-3-4-8-12(10)9-5-7-11(2)13/h3-4,6,8H,2,5,7,9H2,1H3. The average Bonchev–Trinajstić information content (AvgIpc) is 2.08. The van der Waals surface area contributed by atoms with E-state index in [0.717, 1.165) is 24.3 Å². The van der Waals surface area contributed by atoms with E-state index in [-0.39, 0.29) is 0 Å². The molecule has 1 rings (SSSR count). The monoisotopic (exact) mass is 194 g/mol. The molecule has 13 heavy (non-hydrogen) atoms. The van der Waals surface area contributed by atoms with Gasteiger partial charge in [0.15, 0.2) is 0 Å². The van der Waals surface area contributed by atoms with E-state index in [2.05, 4.69) is 37.8 Å². The van der Waals surface area contributed by atoms with Crippen molar-refractivity contribution in [1.29, 1.82) is 0 Å². The highest BCUT2D eigenvalue weighted by molar-refractivity contribution is 6.29. The largest absolute Gasteiger partial charge is 0.0898 e. The Kier molecular flexibility index (Phi) is 4.04. The Bertz CT molecular complexity index is 289. The molecule has 70 valence electrons. The first-order chi connectivity index (χ1) is 6.20. The van der Waals surface area contributed by atoms with Crippen molar-refractivity contribution in [2.24, 2.45) is 0 Å². The van der Waals surface area contributed by atoms with Crippen LogP contribution in [0.15, 0.2) is 35.9 Å². The molecular weight excluding hydrogens is 180 g/mol.